The molecule has 2 aromatic heterocycles. The normalized spacial score (nSPS) is 21.5. The molecule has 3 aliphatic rings. The van der Waals surface area contributed by atoms with Gasteiger partial charge < -0.3 is 10.1 Å². The van der Waals surface area contributed by atoms with E-state index in [-0.39, 0.29) is 12.2 Å². The van der Waals surface area contributed by atoms with E-state index >= 15 is 0 Å². The van der Waals surface area contributed by atoms with Crippen molar-refractivity contribution in [1.82, 2.24) is 19.8 Å². The van der Waals surface area contributed by atoms with Gasteiger partial charge in [-0.25, -0.2) is 0 Å². The van der Waals surface area contributed by atoms with Crippen molar-refractivity contribution in [3.8, 4) is 5.75 Å². The smallest absolute Gasteiger partial charge is 0.258 e. The molecule has 0 saturated carbocycles. The number of hydrogen-bond donors (Lipinski definition) is 1. The van der Waals surface area contributed by atoms with Crippen LogP contribution in [-0.2, 0) is 19.6 Å². The Bertz CT molecular complexity index is 1330. The molecule has 6 rings (SSSR count). The third-order valence-corrected chi connectivity index (χ3v) is 7.95. The van der Waals surface area contributed by atoms with Gasteiger partial charge in [0, 0.05) is 43.3 Å². The summed E-state index contributed by atoms with van der Waals surface area (Å²) in [5, 5.41) is 4.26. The maximum atomic E-state index is 12.9. The second-order valence-electron chi connectivity index (χ2n) is 10.1. The van der Waals surface area contributed by atoms with Crippen LogP contribution in [0.4, 0.5) is 0 Å². The number of ether oxygens (including phenoxy) is 1. The third kappa shape index (κ3) is 5.12. The zero-order valence-electron chi connectivity index (χ0n) is 20.3. The first-order valence-electron chi connectivity index (χ1n) is 12.9. The summed E-state index contributed by atoms with van der Waals surface area (Å²) in [5.41, 5.74) is 5.64. The summed E-state index contributed by atoms with van der Waals surface area (Å²) in [6.45, 7) is 4.83. The van der Waals surface area contributed by atoms with Crippen LogP contribution in [0.15, 0.2) is 59.7 Å². The molecule has 1 aromatic carbocycles. The maximum absolute atomic E-state index is 12.9. The first-order valence-corrected chi connectivity index (χ1v) is 13.2. The minimum absolute atomic E-state index is 0.0909. The molecular formula is C29H31ClN4O2. The van der Waals surface area contributed by atoms with Gasteiger partial charge in [0.05, 0.1) is 10.7 Å². The molecule has 0 amide bonds. The number of rotatable bonds is 6. The Kier molecular flexibility index (Phi) is 6.65. The number of pyridine rings is 2. The van der Waals surface area contributed by atoms with Crippen LogP contribution in [-0.4, -0.2) is 40.1 Å². The highest BCUT2D eigenvalue weighted by Crippen LogP contribution is 2.29. The number of piperidine rings is 1. The van der Waals surface area contributed by atoms with Crippen LogP contribution in [0.2, 0.25) is 5.02 Å². The lowest BCUT2D eigenvalue weighted by molar-refractivity contribution is 0.159. The van der Waals surface area contributed by atoms with Crippen LogP contribution >= 0.6 is 11.6 Å². The third-order valence-electron chi connectivity index (χ3n) is 7.72. The molecule has 0 unspecified atom stereocenters. The number of aromatic nitrogens is 2. The molecule has 36 heavy (non-hydrogen) atoms. The summed E-state index contributed by atoms with van der Waals surface area (Å²) in [4.78, 5) is 19.7. The summed E-state index contributed by atoms with van der Waals surface area (Å²) < 4.78 is 7.49. The van der Waals surface area contributed by atoms with Crippen molar-refractivity contribution in [2.24, 2.45) is 5.92 Å². The van der Waals surface area contributed by atoms with Gasteiger partial charge >= 0.3 is 0 Å². The summed E-state index contributed by atoms with van der Waals surface area (Å²) in [6, 6.07) is 14.5. The number of nitrogens with zero attached hydrogens (tertiary/aromatic N) is 3. The molecular weight excluding hydrogens is 472 g/mol. The highest BCUT2D eigenvalue weighted by atomic mass is 35.5. The van der Waals surface area contributed by atoms with Crippen molar-refractivity contribution in [1.29, 1.82) is 0 Å². The van der Waals surface area contributed by atoms with Gasteiger partial charge in [0.25, 0.3) is 5.56 Å². The highest BCUT2D eigenvalue weighted by Gasteiger charge is 2.32. The summed E-state index contributed by atoms with van der Waals surface area (Å²) in [5.74, 6) is 1.41. The molecule has 2 saturated heterocycles. The zero-order chi connectivity index (χ0) is 24.5. The van der Waals surface area contributed by atoms with E-state index in [1.165, 1.54) is 48.7 Å². The predicted molar refractivity (Wildman–Crippen MR) is 143 cm³/mol. The number of halogens is 1. The molecule has 1 N–H and O–H groups in total. The van der Waals surface area contributed by atoms with Crippen LogP contribution in [0.3, 0.4) is 0 Å². The van der Waals surface area contributed by atoms with Crippen molar-refractivity contribution < 1.29 is 4.74 Å². The zero-order valence-corrected chi connectivity index (χ0v) is 21.1. The van der Waals surface area contributed by atoms with Gasteiger partial charge in [-0.3, -0.25) is 19.2 Å². The van der Waals surface area contributed by atoms with E-state index in [2.05, 4.69) is 39.5 Å². The van der Waals surface area contributed by atoms with Gasteiger partial charge in [-0.05, 0) is 85.7 Å². The second-order valence-corrected chi connectivity index (χ2v) is 10.6. The molecule has 0 bridgehead atoms. The average Bonchev–Trinajstić information content (AvgIpc) is 3.36. The van der Waals surface area contributed by atoms with Crippen LogP contribution in [0.1, 0.15) is 41.6 Å². The number of allylic oxidation sites excluding steroid dienone is 1. The Hall–Kier alpha value is -2.93. The molecule has 6 nitrogen and oxygen atoms in total. The quantitative estimate of drug-likeness (QED) is 0.533. The number of aryl methyl sites for hydroxylation is 1. The minimum atomic E-state index is -0.0909. The first kappa shape index (κ1) is 23.5. The van der Waals surface area contributed by atoms with Gasteiger partial charge in [-0.2, -0.15) is 0 Å². The second kappa shape index (κ2) is 10.2. The monoisotopic (exact) mass is 502 g/mol. The summed E-state index contributed by atoms with van der Waals surface area (Å²) in [7, 11) is 0. The Balaban J connectivity index is 1.12. The summed E-state index contributed by atoms with van der Waals surface area (Å²) in [6.07, 6.45) is 9.97. The van der Waals surface area contributed by atoms with E-state index < -0.39 is 0 Å². The fraction of sp³-hybridized carbons (Fsp3) is 0.379. The fourth-order valence-corrected chi connectivity index (χ4v) is 5.87. The van der Waals surface area contributed by atoms with E-state index in [4.69, 9.17) is 16.3 Å². The number of likely N-dealkylation sites (tertiary alicyclic amines) is 1. The maximum Gasteiger partial charge on any atom is 0.258 e. The molecule has 186 valence electrons. The lowest BCUT2D eigenvalue weighted by Gasteiger charge is -2.35. The van der Waals surface area contributed by atoms with Crippen LogP contribution in [0, 0.1) is 5.92 Å². The Morgan fingerprint density at radius 1 is 1.11 bits per heavy atom. The van der Waals surface area contributed by atoms with Gasteiger partial charge in [-0.1, -0.05) is 29.8 Å². The van der Waals surface area contributed by atoms with Gasteiger partial charge in [0.15, 0.2) is 0 Å². The lowest BCUT2D eigenvalue weighted by atomic mass is 9.91. The number of benzene rings is 1. The van der Waals surface area contributed by atoms with Crippen molar-refractivity contribution in [2.75, 3.05) is 19.6 Å². The molecule has 3 aromatic rings. The molecule has 1 aliphatic carbocycles. The van der Waals surface area contributed by atoms with E-state index in [9.17, 15) is 4.79 Å². The van der Waals surface area contributed by atoms with E-state index in [1.54, 1.807) is 23.0 Å². The van der Waals surface area contributed by atoms with E-state index in [1.807, 2.05) is 12.1 Å². The van der Waals surface area contributed by atoms with Crippen LogP contribution < -0.4 is 15.6 Å². The minimum Gasteiger partial charge on any atom is -0.487 e. The molecule has 0 radical (unpaired) electrons. The van der Waals surface area contributed by atoms with E-state index in [0.29, 0.717) is 16.8 Å². The number of hydrogen-bond acceptors (Lipinski definition) is 5. The SMILES string of the molecule is O=c1cc(OCc2ccc(Cl)cn2)ccn1C1=Cc2ccc(CN3CC[C@H]4CCN[C@H]4C3)cc2CC1. The van der Waals surface area contributed by atoms with E-state index in [0.717, 1.165) is 43.2 Å². The fourth-order valence-electron chi connectivity index (χ4n) is 5.76. The lowest BCUT2D eigenvalue weighted by Crippen LogP contribution is -2.45. The highest BCUT2D eigenvalue weighted by molar-refractivity contribution is 6.30. The number of fused-ring (bicyclic) bond motifs is 2. The van der Waals surface area contributed by atoms with Gasteiger partial charge in [0.1, 0.15) is 12.4 Å². The first-order chi connectivity index (χ1) is 17.6. The largest absolute Gasteiger partial charge is 0.487 e. The van der Waals surface area contributed by atoms with Crippen LogP contribution in [0.5, 0.6) is 5.75 Å². The van der Waals surface area contributed by atoms with Crippen molar-refractivity contribution >= 4 is 23.4 Å². The molecule has 7 heteroatoms. The van der Waals surface area contributed by atoms with Gasteiger partial charge in [-0.15, -0.1) is 0 Å². The van der Waals surface area contributed by atoms with Crippen molar-refractivity contribution in [3.05, 3.63) is 92.6 Å². The molecule has 2 atom stereocenters. The summed E-state index contributed by atoms with van der Waals surface area (Å²) >= 11 is 5.88. The molecule has 2 fully saturated rings. The molecule has 0 spiro atoms. The Labute approximate surface area is 216 Å². The average molecular weight is 503 g/mol. The predicted octanol–water partition coefficient (Wildman–Crippen LogP) is 4.60. The van der Waals surface area contributed by atoms with Gasteiger partial charge in [0.2, 0.25) is 0 Å². The Morgan fingerprint density at radius 3 is 2.92 bits per heavy atom. The number of nitrogens with one attached hydrogen (secondary N) is 1. The van der Waals surface area contributed by atoms with Crippen LogP contribution in [0.25, 0.3) is 11.8 Å². The van der Waals surface area contributed by atoms with Crippen molar-refractivity contribution in [3.63, 3.8) is 0 Å². The van der Waals surface area contributed by atoms with Crippen molar-refractivity contribution in [2.45, 2.75) is 44.9 Å². The standard InChI is InChI=1S/C29H31ClN4O2/c30-24-4-5-25(32-16-24)19-36-27-9-12-34(29(35)15-27)26-6-3-22-13-20(1-2-23(22)14-26)17-33-11-8-21-7-10-31-28(21)18-33/h1-2,4-5,9,12-16,21,28,31H,3,6-8,10-11,17-19H2/t21-,28+/m1/s1. The topological polar surface area (TPSA) is 59.4 Å². The Morgan fingerprint density at radius 2 is 2.06 bits per heavy atom. The molecule has 2 aliphatic heterocycles. The molecule has 4 heterocycles.